The number of ketones is 1. The number of aliphatic hydroxyl groups excluding tert-OH is 2. The molecule has 0 aliphatic heterocycles. The minimum atomic E-state index is 0.00476. The molecule has 2 aromatic carbocycles. The Labute approximate surface area is 227 Å². The van der Waals surface area contributed by atoms with Crippen molar-refractivity contribution in [1.29, 1.82) is 0 Å². The van der Waals surface area contributed by atoms with Crippen molar-refractivity contribution in [1.82, 2.24) is 0 Å². The van der Waals surface area contributed by atoms with Gasteiger partial charge in [0.25, 0.3) is 0 Å². The summed E-state index contributed by atoms with van der Waals surface area (Å²) in [5.41, 5.74) is 17.2. The van der Waals surface area contributed by atoms with Crippen LogP contribution in [0.15, 0.2) is 36.4 Å². The highest BCUT2D eigenvalue weighted by Gasteiger charge is 2.35. The van der Waals surface area contributed by atoms with Crippen molar-refractivity contribution in [3.8, 4) is 0 Å². The summed E-state index contributed by atoms with van der Waals surface area (Å²) in [6.07, 6.45) is 8.27. The van der Waals surface area contributed by atoms with Crippen molar-refractivity contribution in [2.24, 2.45) is 23.7 Å². The van der Waals surface area contributed by atoms with Gasteiger partial charge in [0.2, 0.25) is 0 Å². The van der Waals surface area contributed by atoms with Gasteiger partial charge in [-0.3, -0.25) is 4.79 Å². The molecule has 2 unspecified atom stereocenters. The van der Waals surface area contributed by atoms with Crippen LogP contribution in [0.3, 0.4) is 0 Å². The Balaban J connectivity index is 1.23. The van der Waals surface area contributed by atoms with Crippen molar-refractivity contribution in [2.45, 2.75) is 90.5 Å². The first-order chi connectivity index (χ1) is 18.3. The first kappa shape index (κ1) is 28.2. The molecule has 0 aromatic heterocycles. The van der Waals surface area contributed by atoms with Gasteiger partial charge < -0.3 is 32.3 Å². The molecule has 7 nitrogen and oxygen atoms in total. The van der Waals surface area contributed by atoms with E-state index in [9.17, 15) is 15.0 Å². The number of rotatable bonds is 10. The third-order valence-corrected chi connectivity index (χ3v) is 9.18. The Bertz CT molecular complexity index is 991. The first-order valence-electron chi connectivity index (χ1n) is 14.3. The van der Waals surface area contributed by atoms with Gasteiger partial charge in [-0.2, -0.15) is 0 Å². The van der Waals surface area contributed by atoms with Crippen LogP contribution in [0.5, 0.6) is 0 Å². The molecular weight excluding hydrogens is 476 g/mol. The van der Waals surface area contributed by atoms with E-state index >= 15 is 0 Å². The highest BCUT2D eigenvalue weighted by molar-refractivity contribution is 5.83. The van der Waals surface area contributed by atoms with Crippen LogP contribution in [0, 0.1) is 23.7 Å². The lowest BCUT2D eigenvalue weighted by atomic mass is 9.70. The van der Waals surface area contributed by atoms with Crippen molar-refractivity contribution in [2.75, 3.05) is 22.1 Å². The molecule has 2 atom stereocenters. The smallest absolute Gasteiger partial charge is 0.139 e. The second kappa shape index (κ2) is 12.9. The number of carbonyl (C=O) groups is 1. The molecule has 7 heteroatoms. The second-order valence-corrected chi connectivity index (χ2v) is 11.7. The van der Waals surface area contributed by atoms with Crippen LogP contribution in [-0.2, 0) is 18.0 Å². The normalized spacial score (nSPS) is 25.4. The van der Waals surface area contributed by atoms with E-state index < -0.39 is 0 Å². The largest absolute Gasteiger partial charge is 0.397 e. The number of nitrogens with one attached hydrogen (secondary N) is 2. The van der Waals surface area contributed by atoms with Crippen LogP contribution >= 0.6 is 0 Å². The molecule has 2 aliphatic carbocycles. The predicted molar refractivity (Wildman–Crippen MR) is 156 cm³/mol. The monoisotopic (exact) mass is 522 g/mol. The summed E-state index contributed by atoms with van der Waals surface area (Å²) >= 11 is 0. The third kappa shape index (κ3) is 6.80. The molecule has 2 saturated carbocycles. The van der Waals surface area contributed by atoms with Crippen LogP contribution in [0.4, 0.5) is 22.7 Å². The number of Topliss-reactive ketones (excluding diaryl/α,β-unsaturated/α-hetero) is 1. The highest BCUT2D eigenvalue weighted by Crippen LogP contribution is 2.38. The maximum absolute atomic E-state index is 13.5. The molecule has 0 bridgehead atoms. The van der Waals surface area contributed by atoms with Crippen LogP contribution in [0.2, 0.25) is 0 Å². The number of hydrogen-bond acceptors (Lipinski definition) is 7. The fraction of sp³-hybridized carbons (Fsp3) is 0.581. The second-order valence-electron chi connectivity index (χ2n) is 11.7. The Hall–Kier alpha value is -2.77. The van der Waals surface area contributed by atoms with Gasteiger partial charge in [0.05, 0.1) is 36.0 Å². The summed E-state index contributed by atoms with van der Waals surface area (Å²) in [5.74, 6) is 1.47. The van der Waals surface area contributed by atoms with Gasteiger partial charge in [-0.25, -0.2) is 0 Å². The summed E-state index contributed by atoms with van der Waals surface area (Å²) in [6, 6.07) is 11.9. The highest BCUT2D eigenvalue weighted by atomic mass is 16.3. The molecule has 0 saturated heterocycles. The van der Waals surface area contributed by atoms with Crippen molar-refractivity contribution < 1.29 is 15.0 Å². The van der Waals surface area contributed by atoms with Crippen LogP contribution < -0.4 is 22.1 Å². The molecule has 0 heterocycles. The molecular formula is C31H46N4O3. The fourth-order valence-corrected chi connectivity index (χ4v) is 6.50. The average Bonchev–Trinajstić information content (AvgIpc) is 2.95. The van der Waals surface area contributed by atoms with Gasteiger partial charge in [0.15, 0.2) is 0 Å². The van der Waals surface area contributed by atoms with Crippen LogP contribution in [-0.4, -0.2) is 28.1 Å². The number of anilines is 4. The molecule has 38 heavy (non-hydrogen) atoms. The first-order valence-corrected chi connectivity index (χ1v) is 14.3. The van der Waals surface area contributed by atoms with E-state index in [4.69, 9.17) is 11.5 Å². The summed E-state index contributed by atoms with van der Waals surface area (Å²) in [6.45, 7) is 4.30. The Morgan fingerprint density at radius 2 is 1.11 bits per heavy atom. The van der Waals surface area contributed by atoms with Gasteiger partial charge >= 0.3 is 0 Å². The fourth-order valence-electron chi connectivity index (χ4n) is 6.50. The zero-order chi connectivity index (χ0) is 27.2. The van der Waals surface area contributed by atoms with Crippen molar-refractivity contribution in [3.05, 3.63) is 47.5 Å². The minimum Gasteiger partial charge on any atom is -0.397 e. The number of carbonyl (C=O) groups excluding carboxylic acids is 1. The van der Waals surface area contributed by atoms with Crippen molar-refractivity contribution in [3.63, 3.8) is 0 Å². The standard InChI is InChI=1S/C31H46N4O3/c1-19(23-5-9-25(10-6-23)34-29-15-21(17-36)3-13-27(29)32)31(38)20(2)24-7-11-26(12-8-24)35-30-16-22(18-37)4-14-28(30)33/h3-4,13-16,19-20,23-26,34-37H,5-12,17-18,32-33H2,1-2H3. The van der Waals surface area contributed by atoms with Crippen LogP contribution in [0.1, 0.15) is 76.3 Å². The molecule has 2 aromatic rings. The predicted octanol–water partition coefficient (Wildman–Crippen LogP) is 5.32. The zero-order valence-electron chi connectivity index (χ0n) is 23.0. The van der Waals surface area contributed by atoms with Gasteiger partial charge in [0, 0.05) is 23.9 Å². The third-order valence-electron chi connectivity index (χ3n) is 9.18. The van der Waals surface area contributed by atoms with E-state index in [1.54, 1.807) is 0 Å². The van der Waals surface area contributed by atoms with E-state index in [0.29, 0.717) is 41.1 Å². The molecule has 8 N–H and O–H groups in total. The lowest BCUT2D eigenvalue weighted by Gasteiger charge is -2.36. The zero-order valence-corrected chi connectivity index (χ0v) is 23.0. The van der Waals surface area contributed by atoms with E-state index in [1.165, 1.54) is 0 Å². The molecule has 0 amide bonds. The molecule has 2 fully saturated rings. The van der Waals surface area contributed by atoms with Gasteiger partial charge in [-0.1, -0.05) is 26.0 Å². The summed E-state index contributed by atoms with van der Waals surface area (Å²) in [5, 5.41) is 26.0. The van der Waals surface area contributed by atoms with Gasteiger partial charge in [-0.15, -0.1) is 0 Å². The van der Waals surface area contributed by atoms with E-state index in [1.807, 2.05) is 36.4 Å². The number of nitrogens with two attached hydrogens (primary N) is 2. The molecule has 2 aliphatic rings. The number of benzene rings is 2. The van der Waals surface area contributed by atoms with E-state index in [0.717, 1.165) is 73.9 Å². The topological polar surface area (TPSA) is 134 Å². The number of nitrogen functional groups attached to an aromatic ring is 2. The van der Waals surface area contributed by atoms with Crippen LogP contribution in [0.25, 0.3) is 0 Å². The quantitative estimate of drug-likeness (QED) is 0.233. The lowest BCUT2D eigenvalue weighted by molar-refractivity contribution is -0.129. The maximum Gasteiger partial charge on any atom is 0.139 e. The number of aliphatic hydroxyl groups is 2. The maximum atomic E-state index is 13.5. The minimum absolute atomic E-state index is 0.00476. The molecule has 4 rings (SSSR count). The Kier molecular flexibility index (Phi) is 9.55. The molecule has 0 spiro atoms. The Morgan fingerprint density at radius 3 is 1.45 bits per heavy atom. The summed E-state index contributed by atoms with van der Waals surface area (Å²) in [4.78, 5) is 13.5. The Morgan fingerprint density at radius 1 is 0.737 bits per heavy atom. The summed E-state index contributed by atoms with van der Waals surface area (Å²) < 4.78 is 0. The lowest BCUT2D eigenvalue weighted by Crippen LogP contribution is -2.36. The molecule has 0 radical (unpaired) electrons. The van der Waals surface area contributed by atoms with Crippen molar-refractivity contribution >= 4 is 28.5 Å². The molecule has 208 valence electrons. The number of hydrogen-bond donors (Lipinski definition) is 6. The van der Waals surface area contributed by atoms with Gasteiger partial charge in [0.1, 0.15) is 5.78 Å². The van der Waals surface area contributed by atoms with Gasteiger partial charge in [-0.05, 0) is 98.6 Å². The summed E-state index contributed by atoms with van der Waals surface area (Å²) in [7, 11) is 0. The van der Waals surface area contributed by atoms with E-state index in [2.05, 4.69) is 24.5 Å². The SMILES string of the molecule is CC(C(=O)C(C)C1CCC(Nc2cc(CO)ccc2N)CC1)C1CCC(Nc2cc(CO)ccc2N)CC1. The average molecular weight is 523 g/mol. The van der Waals surface area contributed by atoms with E-state index in [-0.39, 0.29) is 25.0 Å².